The van der Waals surface area contributed by atoms with Crippen LogP contribution in [-0.2, 0) is 0 Å². The number of phenolic OH excluding ortho intramolecular Hbond substituents is 1. The highest BCUT2D eigenvalue weighted by Crippen LogP contribution is 2.46. The molecule has 0 radical (unpaired) electrons. The maximum Gasteiger partial charge on any atom is 0.294 e. The SMILES string of the molecule is COc1nc2cc(C(=O)N3C[C@@H](CCl)c4c3cc(O)c3cccc(C)c43)ccc2[nH]1. The van der Waals surface area contributed by atoms with Gasteiger partial charge in [0, 0.05) is 35.4 Å². The summed E-state index contributed by atoms with van der Waals surface area (Å²) < 4.78 is 5.14. The minimum atomic E-state index is -0.153. The first-order valence-corrected chi connectivity index (χ1v) is 10.2. The van der Waals surface area contributed by atoms with Gasteiger partial charge in [0.15, 0.2) is 0 Å². The Labute approximate surface area is 178 Å². The van der Waals surface area contributed by atoms with Crippen LogP contribution in [0.1, 0.15) is 27.4 Å². The zero-order valence-electron chi connectivity index (χ0n) is 16.6. The second kappa shape index (κ2) is 6.92. The topological polar surface area (TPSA) is 78.4 Å². The number of phenols is 1. The largest absolute Gasteiger partial charge is 0.507 e. The van der Waals surface area contributed by atoms with Gasteiger partial charge in [-0.1, -0.05) is 18.2 Å². The number of hydrogen-bond acceptors (Lipinski definition) is 4. The summed E-state index contributed by atoms with van der Waals surface area (Å²) in [6, 6.07) is 13.2. The molecule has 5 rings (SSSR count). The Morgan fingerprint density at radius 2 is 2.17 bits per heavy atom. The molecule has 2 N–H and O–H groups in total. The van der Waals surface area contributed by atoms with E-state index < -0.39 is 0 Å². The molecule has 30 heavy (non-hydrogen) atoms. The number of ether oxygens (including phenoxy) is 1. The van der Waals surface area contributed by atoms with E-state index in [0.29, 0.717) is 35.2 Å². The van der Waals surface area contributed by atoms with Crippen molar-refractivity contribution in [1.29, 1.82) is 0 Å². The molecule has 1 atom stereocenters. The fourth-order valence-corrected chi connectivity index (χ4v) is 4.64. The van der Waals surface area contributed by atoms with E-state index in [2.05, 4.69) is 9.97 Å². The molecule has 0 fully saturated rings. The van der Waals surface area contributed by atoms with Crippen molar-refractivity contribution in [3.63, 3.8) is 0 Å². The minimum absolute atomic E-state index is 0.0102. The van der Waals surface area contributed by atoms with Crippen LogP contribution in [0.4, 0.5) is 5.69 Å². The molecule has 6 nitrogen and oxygen atoms in total. The van der Waals surface area contributed by atoms with E-state index in [9.17, 15) is 9.90 Å². The van der Waals surface area contributed by atoms with Crippen molar-refractivity contribution in [2.24, 2.45) is 0 Å². The van der Waals surface area contributed by atoms with Gasteiger partial charge in [-0.3, -0.25) is 4.79 Å². The number of benzene rings is 3. The van der Waals surface area contributed by atoms with Crippen molar-refractivity contribution in [1.82, 2.24) is 9.97 Å². The molecule has 1 aliphatic heterocycles. The first-order valence-electron chi connectivity index (χ1n) is 9.68. The lowest BCUT2D eigenvalue weighted by Gasteiger charge is -2.19. The summed E-state index contributed by atoms with van der Waals surface area (Å²) >= 11 is 6.31. The average Bonchev–Trinajstić information content (AvgIpc) is 3.33. The number of amides is 1. The van der Waals surface area contributed by atoms with Gasteiger partial charge in [0.2, 0.25) is 0 Å². The summed E-state index contributed by atoms with van der Waals surface area (Å²) in [5, 5.41) is 12.4. The Kier molecular flexibility index (Phi) is 4.33. The molecule has 0 spiro atoms. The second-order valence-corrected chi connectivity index (χ2v) is 7.88. The molecule has 4 aromatic rings. The number of aromatic hydroxyl groups is 1. The number of alkyl halides is 1. The predicted octanol–water partition coefficient (Wildman–Crippen LogP) is 4.72. The van der Waals surface area contributed by atoms with E-state index in [1.807, 2.05) is 31.2 Å². The van der Waals surface area contributed by atoms with E-state index in [1.165, 1.54) is 7.11 Å². The highest BCUT2D eigenvalue weighted by atomic mass is 35.5. The molecule has 0 bridgehead atoms. The number of aromatic nitrogens is 2. The molecule has 1 aliphatic rings. The number of carbonyl (C=O) groups is 1. The van der Waals surface area contributed by atoms with Crippen LogP contribution in [0.15, 0.2) is 42.5 Å². The van der Waals surface area contributed by atoms with Crippen LogP contribution >= 0.6 is 11.6 Å². The molecule has 3 aromatic carbocycles. The highest BCUT2D eigenvalue weighted by molar-refractivity contribution is 6.19. The summed E-state index contributed by atoms with van der Waals surface area (Å²) in [7, 11) is 1.54. The van der Waals surface area contributed by atoms with Crippen LogP contribution in [0, 0.1) is 6.92 Å². The first kappa shape index (κ1) is 18.8. The van der Waals surface area contributed by atoms with Crippen molar-refractivity contribution < 1.29 is 14.6 Å². The smallest absolute Gasteiger partial charge is 0.294 e. The quantitative estimate of drug-likeness (QED) is 0.469. The van der Waals surface area contributed by atoms with Crippen molar-refractivity contribution in [3.05, 3.63) is 59.2 Å². The molecule has 0 saturated carbocycles. The molecule has 2 heterocycles. The van der Waals surface area contributed by atoms with Crippen LogP contribution in [0.25, 0.3) is 21.8 Å². The Morgan fingerprint density at radius 3 is 2.93 bits per heavy atom. The zero-order chi connectivity index (χ0) is 21.0. The van der Waals surface area contributed by atoms with Crippen LogP contribution < -0.4 is 9.64 Å². The standard InChI is InChI=1S/C23H20ClN3O3/c1-12-4-3-5-15-19(28)9-18-21(20(12)15)14(10-24)11-27(18)22(29)13-6-7-16-17(8-13)26-23(25-16)30-2/h3-9,14,28H,10-11H2,1-2H3,(H,25,26)/t14-/m1/s1. The third kappa shape index (κ3) is 2.71. The molecule has 0 saturated heterocycles. The number of aromatic amines is 1. The molecule has 7 heteroatoms. The number of methoxy groups -OCH3 is 1. The van der Waals surface area contributed by atoms with Crippen molar-refractivity contribution in [3.8, 4) is 11.8 Å². The summed E-state index contributed by atoms with van der Waals surface area (Å²) in [4.78, 5) is 22.5. The number of nitrogens with zero attached hydrogens (tertiary/aromatic N) is 2. The Morgan fingerprint density at radius 1 is 1.33 bits per heavy atom. The number of hydrogen-bond donors (Lipinski definition) is 2. The Balaban J connectivity index is 1.64. The van der Waals surface area contributed by atoms with Gasteiger partial charge in [-0.05, 0) is 41.6 Å². The monoisotopic (exact) mass is 421 g/mol. The fraction of sp³-hybridized carbons (Fsp3) is 0.217. The second-order valence-electron chi connectivity index (χ2n) is 7.57. The number of imidazole rings is 1. The van der Waals surface area contributed by atoms with Crippen molar-refractivity contribution in [2.75, 3.05) is 24.4 Å². The van der Waals surface area contributed by atoms with Gasteiger partial charge < -0.3 is 19.7 Å². The molecule has 152 valence electrons. The number of carbonyl (C=O) groups excluding carboxylic acids is 1. The van der Waals surface area contributed by atoms with Crippen molar-refractivity contribution in [2.45, 2.75) is 12.8 Å². The lowest BCUT2D eigenvalue weighted by molar-refractivity contribution is 0.0988. The van der Waals surface area contributed by atoms with Gasteiger partial charge in [-0.25, -0.2) is 0 Å². The predicted molar refractivity (Wildman–Crippen MR) is 118 cm³/mol. The van der Waals surface area contributed by atoms with Gasteiger partial charge in [-0.2, -0.15) is 4.98 Å². The van der Waals surface area contributed by atoms with Gasteiger partial charge >= 0.3 is 0 Å². The normalized spacial score (nSPS) is 15.7. The molecule has 0 unspecified atom stereocenters. The third-order valence-electron chi connectivity index (χ3n) is 5.80. The summed E-state index contributed by atoms with van der Waals surface area (Å²) in [6.07, 6.45) is 0. The number of aryl methyl sites for hydroxylation is 1. The van der Waals surface area contributed by atoms with E-state index in [-0.39, 0.29) is 17.6 Å². The lowest BCUT2D eigenvalue weighted by Crippen LogP contribution is -2.30. The lowest BCUT2D eigenvalue weighted by atomic mass is 9.92. The first-order chi connectivity index (χ1) is 14.5. The molecular formula is C23H20ClN3O3. The molecule has 1 aromatic heterocycles. The van der Waals surface area contributed by atoms with E-state index in [0.717, 1.165) is 27.4 Å². The fourth-order valence-electron chi connectivity index (χ4n) is 4.38. The van der Waals surface area contributed by atoms with Crippen LogP contribution in [0.3, 0.4) is 0 Å². The van der Waals surface area contributed by atoms with Gasteiger partial charge in [-0.15, -0.1) is 11.6 Å². The molecule has 0 aliphatic carbocycles. The average molecular weight is 422 g/mol. The summed E-state index contributed by atoms with van der Waals surface area (Å²) in [5.41, 5.74) is 4.75. The number of nitrogens with one attached hydrogen (secondary N) is 1. The van der Waals surface area contributed by atoms with Gasteiger partial charge in [0.1, 0.15) is 5.75 Å². The highest BCUT2D eigenvalue weighted by Gasteiger charge is 2.35. The van der Waals surface area contributed by atoms with Crippen LogP contribution in [-0.4, -0.2) is 40.5 Å². The maximum atomic E-state index is 13.5. The zero-order valence-corrected chi connectivity index (χ0v) is 17.3. The van der Waals surface area contributed by atoms with Crippen LogP contribution in [0.2, 0.25) is 0 Å². The number of fused-ring (bicyclic) bond motifs is 4. The summed E-state index contributed by atoms with van der Waals surface area (Å²) in [6.45, 7) is 2.48. The molecule has 1 amide bonds. The Bertz CT molecular complexity index is 1310. The maximum absolute atomic E-state index is 13.5. The van der Waals surface area contributed by atoms with E-state index >= 15 is 0 Å². The minimum Gasteiger partial charge on any atom is -0.507 e. The number of rotatable bonds is 3. The number of H-pyrrole nitrogens is 1. The number of halogens is 1. The van der Waals surface area contributed by atoms with Gasteiger partial charge in [0.05, 0.1) is 23.8 Å². The summed E-state index contributed by atoms with van der Waals surface area (Å²) in [5.74, 6) is 0.387. The van der Waals surface area contributed by atoms with Crippen molar-refractivity contribution >= 4 is 45.0 Å². The van der Waals surface area contributed by atoms with Crippen LogP contribution in [0.5, 0.6) is 11.8 Å². The van der Waals surface area contributed by atoms with E-state index in [1.54, 1.807) is 23.1 Å². The van der Waals surface area contributed by atoms with Gasteiger partial charge in [0.25, 0.3) is 11.9 Å². The molecular weight excluding hydrogens is 402 g/mol. The number of anilines is 1. The Hall–Kier alpha value is -3.25. The third-order valence-corrected chi connectivity index (χ3v) is 6.18. The van der Waals surface area contributed by atoms with E-state index in [4.69, 9.17) is 16.3 Å².